The number of furan rings is 1. The number of ether oxygens (including phenoxy) is 1. The van der Waals surface area contributed by atoms with E-state index in [0.29, 0.717) is 40.5 Å². The Bertz CT molecular complexity index is 1120. The first-order valence-corrected chi connectivity index (χ1v) is 10.6. The van der Waals surface area contributed by atoms with Crippen molar-refractivity contribution < 1.29 is 18.7 Å². The number of nitrogens with zero attached hydrogens (tertiary/aromatic N) is 1. The molecule has 7 heteroatoms. The van der Waals surface area contributed by atoms with Gasteiger partial charge in [-0.3, -0.25) is 4.79 Å². The Hall–Kier alpha value is -3.19. The summed E-state index contributed by atoms with van der Waals surface area (Å²) >= 11 is 1.36. The fourth-order valence-electron chi connectivity index (χ4n) is 3.70. The minimum atomic E-state index is -0.533. The van der Waals surface area contributed by atoms with E-state index in [1.165, 1.54) is 11.3 Å². The van der Waals surface area contributed by atoms with Crippen LogP contribution in [0.25, 0.3) is 0 Å². The summed E-state index contributed by atoms with van der Waals surface area (Å²) in [4.78, 5) is 25.6. The van der Waals surface area contributed by atoms with E-state index in [4.69, 9.17) is 9.15 Å². The van der Waals surface area contributed by atoms with Crippen LogP contribution in [0.2, 0.25) is 0 Å². The molecule has 0 aliphatic heterocycles. The Labute approximate surface area is 178 Å². The van der Waals surface area contributed by atoms with Gasteiger partial charge in [-0.2, -0.15) is 5.10 Å². The van der Waals surface area contributed by atoms with E-state index in [0.717, 1.165) is 23.1 Å². The molecule has 4 rings (SSSR count). The number of rotatable bonds is 4. The van der Waals surface area contributed by atoms with Crippen molar-refractivity contribution >= 4 is 28.9 Å². The summed E-state index contributed by atoms with van der Waals surface area (Å²) in [6.07, 6.45) is 2.24. The Morgan fingerprint density at radius 3 is 2.60 bits per heavy atom. The molecule has 30 heavy (non-hydrogen) atoms. The summed E-state index contributed by atoms with van der Waals surface area (Å²) in [6.45, 7) is 5.73. The highest BCUT2D eigenvalue weighted by Gasteiger charge is 2.29. The second kappa shape index (κ2) is 8.28. The van der Waals surface area contributed by atoms with Crippen LogP contribution in [-0.2, 0) is 6.42 Å². The van der Waals surface area contributed by atoms with Gasteiger partial charge in [0.1, 0.15) is 11.5 Å². The SMILES string of the molecule is Cc1cc(C)cc(OC(=O)c2oc3c(c2C)/C(=N/NC(=O)c2cccs2)CCC3)c1. The molecule has 0 saturated heterocycles. The monoisotopic (exact) mass is 422 g/mol. The number of hydrogen-bond acceptors (Lipinski definition) is 6. The van der Waals surface area contributed by atoms with Gasteiger partial charge in [0.05, 0.1) is 10.6 Å². The zero-order chi connectivity index (χ0) is 21.3. The largest absolute Gasteiger partial charge is 0.453 e. The summed E-state index contributed by atoms with van der Waals surface area (Å²) < 4.78 is 11.4. The molecule has 0 bridgehead atoms. The molecule has 0 radical (unpaired) electrons. The van der Waals surface area contributed by atoms with E-state index in [-0.39, 0.29) is 11.7 Å². The number of thiophene rings is 1. The Morgan fingerprint density at radius 1 is 1.13 bits per heavy atom. The number of aryl methyl sites for hydroxylation is 3. The Morgan fingerprint density at radius 2 is 1.90 bits per heavy atom. The minimum Gasteiger partial charge on any atom is -0.453 e. The average Bonchev–Trinajstić information content (AvgIpc) is 3.34. The van der Waals surface area contributed by atoms with Crippen molar-refractivity contribution in [1.29, 1.82) is 0 Å². The van der Waals surface area contributed by atoms with Gasteiger partial charge in [-0.25, -0.2) is 10.2 Å². The van der Waals surface area contributed by atoms with Crippen LogP contribution in [0.4, 0.5) is 0 Å². The predicted molar refractivity (Wildman–Crippen MR) is 116 cm³/mol. The number of fused-ring (bicyclic) bond motifs is 1. The van der Waals surface area contributed by atoms with E-state index >= 15 is 0 Å². The fourth-order valence-corrected chi connectivity index (χ4v) is 4.31. The van der Waals surface area contributed by atoms with E-state index in [2.05, 4.69) is 10.5 Å². The van der Waals surface area contributed by atoms with Crippen LogP contribution in [0.3, 0.4) is 0 Å². The Balaban J connectivity index is 1.58. The first kappa shape index (κ1) is 20.1. The summed E-state index contributed by atoms with van der Waals surface area (Å²) in [7, 11) is 0. The highest BCUT2D eigenvalue weighted by atomic mass is 32.1. The first-order chi connectivity index (χ1) is 14.4. The molecular weight excluding hydrogens is 400 g/mol. The third-order valence-electron chi connectivity index (χ3n) is 4.95. The molecule has 1 aliphatic rings. The van der Waals surface area contributed by atoms with E-state index < -0.39 is 5.97 Å². The molecule has 1 aliphatic carbocycles. The van der Waals surface area contributed by atoms with Crippen LogP contribution >= 0.6 is 11.3 Å². The average molecular weight is 423 g/mol. The summed E-state index contributed by atoms with van der Waals surface area (Å²) in [6, 6.07) is 9.21. The van der Waals surface area contributed by atoms with Gasteiger partial charge in [-0.05, 0) is 68.3 Å². The fraction of sp³-hybridized carbons (Fsp3) is 0.261. The number of carbonyl (C=O) groups is 2. The lowest BCUT2D eigenvalue weighted by atomic mass is 9.93. The van der Waals surface area contributed by atoms with Crippen molar-refractivity contribution in [3.05, 3.63) is 74.4 Å². The molecule has 2 heterocycles. The van der Waals surface area contributed by atoms with Crippen molar-refractivity contribution in [1.82, 2.24) is 5.43 Å². The molecule has 0 atom stereocenters. The number of carbonyl (C=O) groups excluding carboxylic acids is 2. The second-order valence-corrected chi connectivity index (χ2v) is 8.35. The predicted octanol–water partition coefficient (Wildman–Crippen LogP) is 4.96. The molecule has 0 unspecified atom stereocenters. The molecule has 154 valence electrons. The quantitative estimate of drug-likeness (QED) is 0.366. The smallest absolute Gasteiger partial charge is 0.379 e. The number of amides is 1. The van der Waals surface area contributed by atoms with Gasteiger partial charge in [-0.1, -0.05) is 12.1 Å². The molecule has 1 amide bonds. The van der Waals surface area contributed by atoms with Crippen LogP contribution in [-0.4, -0.2) is 17.6 Å². The summed E-state index contributed by atoms with van der Waals surface area (Å²) in [5, 5.41) is 6.17. The Kier molecular flexibility index (Phi) is 5.55. The third-order valence-corrected chi connectivity index (χ3v) is 5.82. The van der Waals surface area contributed by atoms with Gasteiger partial charge in [0, 0.05) is 17.5 Å². The molecule has 0 spiro atoms. The lowest BCUT2D eigenvalue weighted by Crippen LogP contribution is -2.21. The van der Waals surface area contributed by atoms with E-state index in [1.807, 2.05) is 50.4 Å². The maximum absolute atomic E-state index is 12.8. The maximum Gasteiger partial charge on any atom is 0.379 e. The number of nitrogens with one attached hydrogen (secondary N) is 1. The molecule has 1 N–H and O–H groups in total. The number of hydrogen-bond donors (Lipinski definition) is 1. The van der Waals surface area contributed by atoms with Gasteiger partial charge < -0.3 is 9.15 Å². The van der Waals surface area contributed by atoms with Crippen molar-refractivity contribution in [2.75, 3.05) is 0 Å². The molecule has 2 aromatic heterocycles. The van der Waals surface area contributed by atoms with E-state index in [1.54, 1.807) is 6.07 Å². The van der Waals surface area contributed by atoms with Crippen LogP contribution in [0, 0.1) is 20.8 Å². The summed E-state index contributed by atoms with van der Waals surface area (Å²) in [5.41, 5.74) is 6.84. The van der Waals surface area contributed by atoms with Crippen molar-refractivity contribution in [2.45, 2.75) is 40.0 Å². The van der Waals surface area contributed by atoms with Gasteiger partial charge in [0.15, 0.2) is 0 Å². The summed E-state index contributed by atoms with van der Waals surface area (Å²) in [5.74, 6) is 0.589. The van der Waals surface area contributed by atoms with Gasteiger partial charge >= 0.3 is 5.97 Å². The lowest BCUT2D eigenvalue weighted by molar-refractivity contribution is 0.0698. The molecule has 3 aromatic rings. The zero-order valence-electron chi connectivity index (χ0n) is 17.1. The molecule has 1 aromatic carbocycles. The first-order valence-electron chi connectivity index (χ1n) is 9.76. The number of hydrazone groups is 1. The third kappa shape index (κ3) is 4.07. The topological polar surface area (TPSA) is 80.9 Å². The van der Waals surface area contributed by atoms with Crippen LogP contribution in [0.1, 0.15) is 61.1 Å². The van der Waals surface area contributed by atoms with Crippen LogP contribution in [0.5, 0.6) is 5.75 Å². The van der Waals surface area contributed by atoms with Crippen molar-refractivity contribution in [3.63, 3.8) is 0 Å². The number of esters is 1. The lowest BCUT2D eigenvalue weighted by Gasteiger charge is -2.13. The van der Waals surface area contributed by atoms with Gasteiger partial charge in [0.2, 0.25) is 5.76 Å². The minimum absolute atomic E-state index is 0.179. The van der Waals surface area contributed by atoms with Crippen molar-refractivity contribution in [3.8, 4) is 5.75 Å². The maximum atomic E-state index is 12.8. The van der Waals surface area contributed by atoms with Gasteiger partial charge in [-0.15, -0.1) is 11.3 Å². The molecule has 0 saturated carbocycles. The van der Waals surface area contributed by atoms with Crippen LogP contribution < -0.4 is 10.2 Å². The molecular formula is C23H22N2O4S. The number of benzene rings is 1. The normalized spacial score (nSPS) is 14.4. The second-order valence-electron chi connectivity index (χ2n) is 7.40. The van der Waals surface area contributed by atoms with Crippen LogP contribution in [0.15, 0.2) is 45.2 Å². The van der Waals surface area contributed by atoms with Gasteiger partial charge in [0.25, 0.3) is 5.91 Å². The molecule has 0 fully saturated rings. The van der Waals surface area contributed by atoms with E-state index in [9.17, 15) is 9.59 Å². The molecule has 6 nitrogen and oxygen atoms in total. The highest BCUT2D eigenvalue weighted by molar-refractivity contribution is 7.12. The standard InChI is InChI=1S/C23H22N2O4S/c1-13-10-14(2)12-16(11-13)28-23(27)21-15(3)20-17(6-4-7-18(20)29-21)24-25-22(26)19-8-5-9-30-19/h5,8-12H,4,6-7H2,1-3H3,(H,25,26)/b24-17+. The zero-order valence-corrected chi connectivity index (χ0v) is 17.9. The van der Waals surface area contributed by atoms with Crippen molar-refractivity contribution in [2.24, 2.45) is 5.10 Å². The highest BCUT2D eigenvalue weighted by Crippen LogP contribution is 2.31.